The normalized spacial score (nSPS) is 23.0. The summed E-state index contributed by atoms with van der Waals surface area (Å²) in [7, 11) is 0. The van der Waals surface area contributed by atoms with Crippen LogP contribution in [0.3, 0.4) is 0 Å². The molecule has 0 amide bonds. The van der Waals surface area contributed by atoms with Crippen molar-refractivity contribution in [1.82, 2.24) is 15.3 Å². The zero-order valence-electron chi connectivity index (χ0n) is 7.33. The lowest BCUT2D eigenvalue weighted by Crippen LogP contribution is -2.28. The standard InChI is InChI=1S/C9H12ClN3/c10-9-6-12-5-8(13-9)7-2-1-3-11-4-7/h5-7,11H,1-4H2. The van der Waals surface area contributed by atoms with Crippen LogP contribution in [0.5, 0.6) is 0 Å². The van der Waals surface area contributed by atoms with Crippen LogP contribution in [0.4, 0.5) is 0 Å². The summed E-state index contributed by atoms with van der Waals surface area (Å²) in [6.07, 6.45) is 5.77. The van der Waals surface area contributed by atoms with Crippen LogP contribution in [-0.4, -0.2) is 23.1 Å². The van der Waals surface area contributed by atoms with Crippen molar-refractivity contribution >= 4 is 11.6 Å². The molecule has 0 saturated carbocycles. The fraction of sp³-hybridized carbons (Fsp3) is 0.556. The molecule has 2 rings (SSSR count). The number of aromatic nitrogens is 2. The van der Waals surface area contributed by atoms with E-state index in [0.29, 0.717) is 11.1 Å². The summed E-state index contributed by atoms with van der Waals surface area (Å²) in [5.41, 5.74) is 1.01. The number of piperidine rings is 1. The summed E-state index contributed by atoms with van der Waals surface area (Å²) in [4.78, 5) is 8.30. The SMILES string of the molecule is Clc1cncc(C2CCCNC2)n1. The fourth-order valence-electron chi connectivity index (χ4n) is 1.66. The molecule has 1 atom stereocenters. The van der Waals surface area contributed by atoms with Crippen molar-refractivity contribution in [3.8, 4) is 0 Å². The third-order valence-electron chi connectivity index (χ3n) is 2.34. The van der Waals surface area contributed by atoms with E-state index in [9.17, 15) is 0 Å². The molecular weight excluding hydrogens is 186 g/mol. The second-order valence-corrected chi connectivity index (χ2v) is 3.70. The topological polar surface area (TPSA) is 37.8 Å². The Morgan fingerprint density at radius 1 is 1.46 bits per heavy atom. The Hall–Kier alpha value is -0.670. The molecule has 1 aliphatic heterocycles. The molecule has 1 fully saturated rings. The molecule has 3 nitrogen and oxygen atoms in total. The Bertz CT molecular complexity index is 284. The summed E-state index contributed by atoms with van der Waals surface area (Å²) in [6.45, 7) is 2.11. The van der Waals surface area contributed by atoms with E-state index in [0.717, 1.165) is 18.8 Å². The van der Waals surface area contributed by atoms with E-state index in [1.54, 1.807) is 6.20 Å². The molecule has 0 aliphatic carbocycles. The quantitative estimate of drug-likeness (QED) is 0.743. The minimum atomic E-state index is 0.486. The van der Waals surface area contributed by atoms with Crippen LogP contribution in [0.1, 0.15) is 24.5 Å². The number of halogens is 1. The average Bonchev–Trinajstić information content (AvgIpc) is 2.19. The molecule has 0 bridgehead atoms. The van der Waals surface area contributed by atoms with E-state index in [2.05, 4.69) is 15.3 Å². The molecule has 1 saturated heterocycles. The van der Waals surface area contributed by atoms with Crippen molar-refractivity contribution in [3.63, 3.8) is 0 Å². The predicted molar refractivity (Wildman–Crippen MR) is 51.9 cm³/mol. The molecule has 2 heterocycles. The van der Waals surface area contributed by atoms with E-state index >= 15 is 0 Å². The van der Waals surface area contributed by atoms with Gasteiger partial charge in [-0.15, -0.1) is 0 Å². The summed E-state index contributed by atoms with van der Waals surface area (Å²) < 4.78 is 0. The van der Waals surface area contributed by atoms with Gasteiger partial charge in [0.1, 0.15) is 5.15 Å². The van der Waals surface area contributed by atoms with E-state index < -0.39 is 0 Å². The van der Waals surface area contributed by atoms with Crippen LogP contribution < -0.4 is 5.32 Å². The summed E-state index contributed by atoms with van der Waals surface area (Å²) in [5.74, 6) is 0.486. The number of nitrogens with one attached hydrogen (secondary N) is 1. The smallest absolute Gasteiger partial charge is 0.147 e. The van der Waals surface area contributed by atoms with Crippen LogP contribution in [0, 0.1) is 0 Å². The van der Waals surface area contributed by atoms with Gasteiger partial charge in [0.25, 0.3) is 0 Å². The lowest BCUT2D eigenvalue weighted by Gasteiger charge is -2.21. The van der Waals surface area contributed by atoms with Crippen molar-refractivity contribution < 1.29 is 0 Å². The summed E-state index contributed by atoms with van der Waals surface area (Å²) in [5, 5.41) is 3.83. The third kappa shape index (κ3) is 2.17. The first-order valence-electron chi connectivity index (χ1n) is 4.54. The number of hydrogen-bond donors (Lipinski definition) is 1. The first-order chi connectivity index (χ1) is 6.36. The highest BCUT2D eigenvalue weighted by atomic mass is 35.5. The maximum Gasteiger partial charge on any atom is 0.147 e. The Labute approximate surface area is 82.5 Å². The largest absolute Gasteiger partial charge is 0.316 e. The average molecular weight is 198 g/mol. The third-order valence-corrected chi connectivity index (χ3v) is 2.52. The zero-order chi connectivity index (χ0) is 9.10. The first-order valence-corrected chi connectivity index (χ1v) is 4.92. The predicted octanol–water partition coefficient (Wildman–Crippen LogP) is 1.60. The molecule has 1 N–H and O–H groups in total. The Morgan fingerprint density at radius 3 is 3.08 bits per heavy atom. The van der Waals surface area contributed by atoms with E-state index in [4.69, 9.17) is 11.6 Å². The highest BCUT2D eigenvalue weighted by molar-refractivity contribution is 6.29. The van der Waals surface area contributed by atoms with Gasteiger partial charge in [-0.2, -0.15) is 0 Å². The molecule has 0 aromatic carbocycles. The minimum absolute atomic E-state index is 0.486. The lowest BCUT2D eigenvalue weighted by atomic mass is 9.97. The summed E-state index contributed by atoms with van der Waals surface area (Å²) >= 11 is 5.77. The van der Waals surface area contributed by atoms with Crippen LogP contribution in [-0.2, 0) is 0 Å². The van der Waals surface area contributed by atoms with E-state index in [1.807, 2.05) is 6.20 Å². The molecule has 4 heteroatoms. The van der Waals surface area contributed by atoms with Gasteiger partial charge in [0.15, 0.2) is 0 Å². The van der Waals surface area contributed by atoms with Crippen LogP contribution in [0.25, 0.3) is 0 Å². The molecule has 13 heavy (non-hydrogen) atoms. The van der Waals surface area contributed by atoms with Crippen LogP contribution >= 0.6 is 11.6 Å². The number of rotatable bonds is 1. The molecule has 1 aliphatic rings. The molecule has 1 aromatic heterocycles. The highest BCUT2D eigenvalue weighted by Crippen LogP contribution is 2.21. The zero-order valence-corrected chi connectivity index (χ0v) is 8.09. The van der Waals surface area contributed by atoms with Crippen LogP contribution in [0.15, 0.2) is 12.4 Å². The van der Waals surface area contributed by atoms with Gasteiger partial charge < -0.3 is 5.32 Å². The lowest BCUT2D eigenvalue weighted by molar-refractivity contribution is 0.453. The van der Waals surface area contributed by atoms with Gasteiger partial charge in [-0.3, -0.25) is 4.98 Å². The second-order valence-electron chi connectivity index (χ2n) is 3.31. The van der Waals surface area contributed by atoms with Gasteiger partial charge in [-0.1, -0.05) is 11.6 Å². The van der Waals surface area contributed by atoms with E-state index in [-0.39, 0.29) is 0 Å². The fourth-order valence-corrected chi connectivity index (χ4v) is 1.81. The molecule has 0 spiro atoms. The number of nitrogens with zero attached hydrogens (tertiary/aromatic N) is 2. The van der Waals surface area contributed by atoms with Gasteiger partial charge in [0, 0.05) is 18.7 Å². The van der Waals surface area contributed by atoms with Crippen molar-refractivity contribution in [2.75, 3.05) is 13.1 Å². The van der Waals surface area contributed by atoms with Gasteiger partial charge in [0.2, 0.25) is 0 Å². The van der Waals surface area contributed by atoms with Crippen molar-refractivity contribution in [1.29, 1.82) is 0 Å². The molecule has 0 radical (unpaired) electrons. The van der Waals surface area contributed by atoms with E-state index in [1.165, 1.54) is 12.8 Å². The molecular formula is C9H12ClN3. The van der Waals surface area contributed by atoms with Crippen LogP contribution in [0.2, 0.25) is 5.15 Å². The molecule has 1 aromatic rings. The second kappa shape index (κ2) is 4.03. The molecule has 1 unspecified atom stereocenters. The minimum Gasteiger partial charge on any atom is -0.316 e. The number of hydrogen-bond acceptors (Lipinski definition) is 3. The Kier molecular flexibility index (Phi) is 2.76. The monoisotopic (exact) mass is 197 g/mol. The van der Waals surface area contributed by atoms with Gasteiger partial charge >= 0.3 is 0 Å². The summed E-state index contributed by atoms with van der Waals surface area (Å²) in [6, 6.07) is 0. The van der Waals surface area contributed by atoms with Crippen molar-refractivity contribution in [2.24, 2.45) is 0 Å². The van der Waals surface area contributed by atoms with Gasteiger partial charge in [-0.25, -0.2) is 4.98 Å². The Balaban J connectivity index is 2.14. The van der Waals surface area contributed by atoms with Gasteiger partial charge in [-0.05, 0) is 19.4 Å². The van der Waals surface area contributed by atoms with Crippen molar-refractivity contribution in [2.45, 2.75) is 18.8 Å². The Morgan fingerprint density at radius 2 is 2.38 bits per heavy atom. The van der Waals surface area contributed by atoms with Gasteiger partial charge in [0.05, 0.1) is 11.9 Å². The maximum absolute atomic E-state index is 5.77. The molecule has 70 valence electrons. The first kappa shape index (κ1) is 8.91. The maximum atomic E-state index is 5.77. The van der Waals surface area contributed by atoms with Crippen molar-refractivity contribution in [3.05, 3.63) is 23.2 Å². The highest BCUT2D eigenvalue weighted by Gasteiger charge is 2.16.